The lowest BCUT2D eigenvalue weighted by Gasteiger charge is -2.40. The van der Waals surface area contributed by atoms with Gasteiger partial charge >= 0.3 is 0 Å². The summed E-state index contributed by atoms with van der Waals surface area (Å²) in [5.41, 5.74) is 5.74. The summed E-state index contributed by atoms with van der Waals surface area (Å²) < 4.78 is 2.17. The van der Waals surface area contributed by atoms with Crippen molar-refractivity contribution in [1.82, 2.24) is 9.47 Å². The molecule has 5 nitrogen and oxygen atoms in total. The van der Waals surface area contributed by atoms with Gasteiger partial charge in [0.1, 0.15) is 12.6 Å². The smallest absolute Gasteiger partial charge is 0.247 e. The maximum Gasteiger partial charge on any atom is 0.247 e. The van der Waals surface area contributed by atoms with Gasteiger partial charge in [0.2, 0.25) is 11.8 Å². The number of hydrogen-bond acceptors (Lipinski definition) is 2. The van der Waals surface area contributed by atoms with Crippen LogP contribution < -0.4 is 4.90 Å². The van der Waals surface area contributed by atoms with Crippen LogP contribution in [0.2, 0.25) is 0 Å². The minimum Gasteiger partial charge on any atom is -0.330 e. The average molecular weight is 538 g/mol. The van der Waals surface area contributed by atoms with Gasteiger partial charge in [0.05, 0.1) is 23.0 Å². The SMILES string of the molecule is O=C(C(c1ccccc1)c1ccccc1)N(CC(=O)N1c2ccccc2-n2cccc2C1c1ccccc1)C1CC1. The molecule has 5 aromatic rings. The van der Waals surface area contributed by atoms with Gasteiger partial charge in [-0.05, 0) is 53.8 Å². The number of aromatic nitrogens is 1. The molecule has 202 valence electrons. The highest BCUT2D eigenvalue weighted by atomic mass is 16.2. The molecule has 0 bridgehead atoms. The fraction of sp³-hybridized carbons (Fsp3) is 0.167. The van der Waals surface area contributed by atoms with Crippen molar-refractivity contribution in [2.45, 2.75) is 30.8 Å². The number of carbonyl (C=O) groups excluding carboxylic acids is 2. The van der Waals surface area contributed by atoms with Crippen molar-refractivity contribution in [3.05, 3.63) is 156 Å². The van der Waals surface area contributed by atoms with Crippen molar-refractivity contribution in [2.75, 3.05) is 11.4 Å². The van der Waals surface area contributed by atoms with Crippen molar-refractivity contribution in [2.24, 2.45) is 0 Å². The molecular weight excluding hydrogens is 506 g/mol. The van der Waals surface area contributed by atoms with Gasteiger partial charge in [-0.15, -0.1) is 0 Å². The van der Waals surface area contributed by atoms with Crippen LogP contribution in [0.3, 0.4) is 0 Å². The number of carbonyl (C=O) groups is 2. The fourth-order valence-electron chi connectivity index (χ4n) is 6.14. The lowest BCUT2D eigenvalue weighted by molar-refractivity contribution is -0.136. The maximum atomic E-state index is 14.5. The van der Waals surface area contributed by atoms with E-state index in [0.717, 1.165) is 46.6 Å². The van der Waals surface area contributed by atoms with E-state index in [1.807, 2.05) is 119 Å². The molecule has 0 N–H and O–H groups in total. The summed E-state index contributed by atoms with van der Waals surface area (Å²) in [6.07, 6.45) is 3.88. The highest BCUT2D eigenvalue weighted by Crippen LogP contribution is 2.43. The van der Waals surface area contributed by atoms with Crippen molar-refractivity contribution in [3.63, 3.8) is 0 Å². The van der Waals surface area contributed by atoms with E-state index in [0.29, 0.717) is 0 Å². The third kappa shape index (κ3) is 4.63. The molecule has 1 aromatic heterocycles. The maximum absolute atomic E-state index is 14.5. The zero-order chi connectivity index (χ0) is 27.8. The molecule has 7 rings (SSSR count). The van der Waals surface area contributed by atoms with E-state index >= 15 is 0 Å². The van der Waals surface area contributed by atoms with Crippen LogP contribution in [-0.2, 0) is 9.59 Å². The summed E-state index contributed by atoms with van der Waals surface area (Å²) in [6, 6.07) is 41.9. The Balaban J connectivity index is 1.28. The number of fused-ring (bicyclic) bond motifs is 3. The zero-order valence-corrected chi connectivity index (χ0v) is 22.7. The third-order valence-corrected chi connectivity index (χ3v) is 8.19. The second-order valence-electron chi connectivity index (χ2n) is 10.8. The summed E-state index contributed by atoms with van der Waals surface area (Å²) >= 11 is 0. The summed E-state index contributed by atoms with van der Waals surface area (Å²) in [5, 5.41) is 0. The zero-order valence-electron chi connectivity index (χ0n) is 22.7. The number of anilines is 1. The van der Waals surface area contributed by atoms with Gasteiger partial charge in [0.15, 0.2) is 0 Å². The van der Waals surface area contributed by atoms with Crippen LogP contribution in [0, 0.1) is 0 Å². The van der Waals surface area contributed by atoms with Crippen molar-refractivity contribution in [3.8, 4) is 5.69 Å². The molecule has 0 spiro atoms. The Morgan fingerprint density at radius 1 is 0.683 bits per heavy atom. The fourth-order valence-corrected chi connectivity index (χ4v) is 6.14. The summed E-state index contributed by atoms with van der Waals surface area (Å²) in [7, 11) is 0. The van der Waals surface area contributed by atoms with Gasteiger partial charge in [-0.2, -0.15) is 0 Å². The molecule has 2 aliphatic rings. The number of para-hydroxylation sites is 2. The highest BCUT2D eigenvalue weighted by Gasteiger charge is 2.41. The summed E-state index contributed by atoms with van der Waals surface area (Å²) in [4.78, 5) is 32.7. The Kier molecular flexibility index (Phi) is 6.48. The number of rotatable bonds is 7. The highest BCUT2D eigenvalue weighted by molar-refractivity contribution is 6.01. The van der Waals surface area contributed by atoms with Crippen LogP contribution in [0.5, 0.6) is 0 Å². The van der Waals surface area contributed by atoms with Crippen LogP contribution in [0.4, 0.5) is 5.69 Å². The van der Waals surface area contributed by atoms with Gasteiger partial charge in [-0.1, -0.05) is 103 Å². The average Bonchev–Trinajstić information content (AvgIpc) is 3.75. The van der Waals surface area contributed by atoms with Crippen LogP contribution in [0.15, 0.2) is 134 Å². The quantitative estimate of drug-likeness (QED) is 0.231. The Hall–Kier alpha value is -4.90. The lowest BCUT2D eigenvalue weighted by Crippen LogP contribution is -2.48. The molecule has 1 saturated carbocycles. The van der Waals surface area contributed by atoms with Crippen LogP contribution >= 0.6 is 0 Å². The first-order valence-corrected chi connectivity index (χ1v) is 14.2. The molecule has 2 amide bonds. The molecule has 0 radical (unpaired) electrons. The molecule has 41 heavy (non-hydrogen) atoms. The molecule has 0 saturated heterocycles. The number of hydrogen-bond donors (Lipinski definition) is 0. The molecule has 1 aliphatic carbocycles. The number of nitrogens with zero attached hydrogens (tertiary/aromatic N) is 3. The van der Waals surface area contributed by atoms with Gasteiger partial charge in [-0.25, -0.2) is 0 Å². The molecule has 4 aromatic carbocycles. The van der Waals surface area contributed by atoms with E-state index in [1.54, 1.807) is 0 Å². The number of amides is 2. The van der Waals surface area contributed by atoms with E-state index in [-0.39, 0.29) is 30.4 Å². The van der Waals surface area contributed by atoms with Gasteiger partial charge < -0.3 is 9.47 Å². The van der Waals surface area contributed by atoms with Crippen molar-refractivity contribution >= 4 is 17.5 Å². The molecule has 1 atom stereocenters. The van der Waals surface area contributed by atoms with Gasteiger partial charge in [0, 0.05) is 12.2 Å². The Morgan fingerprint density at radius 2 is 1.24 bits per heavy atom. The number of benzene rings is 4. The minimum absolute atomic E-state index is 0.0248. The van der Waals surface area contributed by atoms with Crippen LogP contribution in [0.1, 0.15) is 47.2 Å². The van der Waals surface area contributed by atoms with E-state index in [4.69, 9.17) is 0 Å². The summed E-state index contributed by atoms with van der Waals surface area (Å²) in [6.45, 7) is 0.0258. The third-order valence-electron chi connectivity index (χ3n) is 8.19. The first kappa shape index (κ1) is 25.1. The molecular formula is C36H31N3O2. The van der Waals surface area contributed by atoms with E-state index < -0.39 is 5.92 Å². The van der Waals surface area contributed by atoms with Crippen LogP contribution in [-0.4, -0.2) is 33.9 Å². The normalized spacial score (nSPS) is 15.7. The predicted octanol–water partition coefficient (Wildman–Crippen LogP) is 6.74. The monoisotopic (exact) mass is 537 g/mol. The molecule has 5 heteroatoms. The first-order valence-electron chi connectivity index (χ1n) is 14.2. The second-order valence-corrected chi connectivity index (χ2v) is 10.8. The Morgan fingerprint density at radius 3 is 1.85 bits per heavy atom. The van der Waals surface area contributed by atoms with Gasteiger partial charge in [-0.3, -0.25) is 14.5 Å². The van der Waals surface area contributed by atoms with Crippen molar-refractivity contribution in [1.29, 1.82) is 0 Å². The Bertz CT molecular complexity index is 1640. The topological polar surface area (TPSA) is 45.6 Å². The standard InChI is InChI=1S/C36H31N3O2/c40-33(25-38(29-22-23-29)36(41)34(26-13-4-1-5-14-26)27-15-6-2-7-16-27)39-31-20-11-10-19-30(31)37-24-12-21-32(37)35(39)28-17-8-3-9-18-28/h1-21,24,29,34-35H,22-23,25H2. The second kappa shape index (κ2) is 10.6. The van der Waals surface area contributed by atoms with E-state index in [1.165, 1.54) is 0 Å². The molecule has 2 heterocycles. The molecule has 1 unspecified atom stereocenters. The summed E-state index contributed by atoms with van der Waals surface area (Å²) in [5.74, 6) is -0.580. The van der Waals surface area contributed by atoms with E-state index in [9.17, 15) is 9.59 Å². The van der Waals surface area contributed by atoms with E-state index in [2.05, 4.69) is 29.0 Å². The van der Waals surface area contributed by atoms with Crippen LogP contribution in [0.25, 0.3) is 5.69 Å². The molecule has 1 aliphatic heterocycles. The minimum atomic E-state index is -0.471. The van der Waals surface area contributed by atoms with Crippen molar-refractivity contribution < 1.29 is 9.59 Å². The first-order chi connectivity index (χ1) is 20.2. The Labute approximate surface area is 240 Å². The molecule has 1 fully saturated rings. The van der Waals surface area contributed by atoms with Gasteiger partial charge in [0.25, 0.3) is 0 Å². The predicted molar refractivity (Wildman–Crippen MR) is 161 cm³/mol. The lowest BCUT2D eigenvalue weighted by atomic mass is 9.90. The largest absolute Gasteiger partial charge is 0.330 e.